The second kappa shape index (κ2) is 9.09. The van der Waals surface area contributed by atoms with E-state index in [-0.39, 0.29) is 30.1 Å². The minimum atomic E-state index is -0.805. The molecule has 6 N–H and O–H groups in total. The lowest BCUT2D eigenvalue weighted by Gasteiger charge is -2.29. The van der Waals surface area contributed by atoms with Crippen molar-refractivity contribution in [2.45, 2.75) is 44.4 Å². The molecule has 2 amide bonds. The van der Waals surface area contributed by atoms with E-state index in [2.05, 4.69) is 15.6 Å². The number of nitrogen functional groups attached to an aromatic ring is 1. The molecule has 10 nitrogen and oxygen atoms in total. The number of nitrogens with one attached hydrogen (secondary N) is 4. The van der Waals surface area contributed by atoms with Gasteiger partial charge in [-0.05, 0) is 31.2 Å². The number of carbonyl (C=O) groups is 2. The van der Waals surface area contributed by atoms with Crippen LogP contribution in [0, 0.1) is 0 Å². The van der Waals surface area contributed by atoms with Crippen LogP contribution >= 0.6 is 0 Å². The van der Waals surface area contributed by atoms with Crippen LogP contribution in [-0.2, 0) is 11.3 Å². The molecule has 0 aliphatic heterocycles. The quantitative estimate of drug-likeness (QED) is 0.494. The molecule has 0 spiro atoms. The highest BCUT2D eigenvalue weighted by Crippen LogP contribution is 2.19. The Morgan fingerprint density at radius 3 is 2.28 bits per heavy atom. The highest BCUT2D eigenvalue weighted by atomic mass is 16.5. The zero-order chi connectivity index (χ0) is 20.8. The van der Waals surface area contributed by atoms with Gasteiger partial charge in [-0.2, -0.15) is 0 Å². The molecule has 0 saturated heterocycles. The highest BCUT2D eigenvalue weighted by Gasteiger charge is 2.25. The number of carbonyl (C=O) groups excluding carboxylic acids is 2. The minimum Gasteiger partial charge on any atom is -0.445 e. The first-order chi connectivity index (χ1) is 13.9. The summed E-state index contributed by atoms with van der Waals surface area (Å²) in [6.07, 6.45) is 2.10. The van der Waals surface area contributed by atoms with E-state index in [0.717, 1.165) is 5.56 Å². The number of nitrogens with two attached hydrogens (primary N) is 1. The van der Waals surface area contributed by atoms with E-state index in [9.17, 15) is 19.2 Å². The van der Waals surface area contributed by atoms with Crippen molar-refractivity contribution in [3.8, 4) is 0 Å². The standard InChI is InChI=1S/C19H23N5O5/c20-14-15(23-18(27)24-16(14)25)17(26)21-12-6-8-13(9-7-12)22-19(28)29-10-11-4-2-1-3-5-11/h1-5,12-13H,6-10,20H2,(H,21,26)(H,22,28)(H2,23,24,25,27). The maximum atomic E-state index is 12.3. The monoisotopic (exact) mass is 401 g/mol. The van der Waals surface area contributed by atoms with Crippen LogP contribution in [0.2, 0.25) is 0 Å². The van der Waals surface area contributed by atoms with E-state index in [4.69, 9.17) is 10.5 Å². The van der Waals surface area contributed by atoms with Gasteiger partial charge in [-0.1, -0.05) is 30.3 Å². The molecule has 154 valence electrons. The Kier molecular flexibility index (Phi) is 6.32. The summed E-state index contributed by atoms with van der Waals surface area (Å²) in [6.45, 7) is 0.202. The number of ether oxygens (including phenoxy) is 1. The molecule has 0 atom stereocenters. The average Bonchev–Trinajstić information content (AvgIpc) is 2.71. The average molecular weight is 401 g/mol. The Bertz CT molecular complexity index is 976. The zero-order valence-electron chi connectivity index (χ0n) is 15.7. The van der Waals surface area contributed by atoms with Gasteiger partial charge >= 0.3 is 11.8 Å². The van der Waals surface area contributed by atoms with Crippen molar-refractivity contribution in [2.24, 2.45) is 0 Å². The number of hydrogen-bond acceptors (Lipinski definition) is 6. The molecule has 10 heteroatoms. The lowest BCUT2D eigenvalue weighted by Crippen LogP contribution is -2.44. The second-order valence-electron chi connectivity index (χ2n) is 6.93. The third-order valence-corrected chi connectivity index (χ3v) is 4.80. The lowest BCUT2D eigenvalue weighted by atomic mass is 9.91. The van der Waals surface area contributed by atoms with Gasteiger partial charge in [0, 0.05) is 12.1 Å². The molecule has 1 aromatic carbocycles. The summed E-state index contributed by atoms with van der Waals surface area (Å²) in [5.41, 5.74) is 4.30. The third kappa shape index (κ3) is 5.47. The maximum Gasteiger partial charge on any atom is 0.407 e. The van der Waals surface area contributed by atoms with Crippen molar-refractivity contribution in [3.05, 3.63) is 62.4 Å². The maximum absolute atomic E-state index is 12.3. The molecule has 1 fully saturated rings. The van der Waals surface area contributed by atoms with Crippen molar-refractivity contribution in [1.82, 2.24) is 20.6 Å². The number of aromatic nitrogens is 2. The van der Waals surface area contributed by atoms with Gasteiger partial charge in [0.05, 0.1) is 0 Å². The Morgan fingerprint density at radius 1 is 1.00 bits per heavy atom. The summed E-state index contributed by atoms with van der Waals surface area (Å²) in [5.74, 6) is -0.607. The summed E-state index contributed by atoms with van der Waals surface area (Å²) in [6, 6.07) is 9.20. The zero-order valence-corrected chi connectivity index (χ0v) is 15.7. The molecule has 1 aliphatic carbocycles. The predicted molar refractivity (Wildman–Crippen MR) is 105 cm³/mol. The summed E-state index contributed by atoms with van der Waals surface area (Å²) in [5, 5.41) is 5.60. The fourth-order valence-corrected chi connectivity index (χ4v) is 3.25. The van der Waals surface area contributed by atoms with Gasteiger partial charge < -0.3 is 26.1 Å². The van der Waals surface area contributed by atoms with Crippen molar-refractivity contribution in [3.63, 3.8) is 0 Å². The summed E-state index contributed by atoms with van der Waals surface area (Å²) >= 11 is 0. The van der Waals surface area contributed by atoms with Gasteiger partial charge in [-0.25, -0.2) is 9.59 Å². The van der Waals surface area contributed by atoms with E-state index < -0.39 is 23.2 Å². The van der Waals surface area contributed by atoms with E-state index >= 15 is 0 Å². The van der Waals surface area contributed by atoms with Gasteiger partial charge in [-0.3, -0.25) is 14.6 Å². The third-order valence-electron chi connectivity index (χ3n) is 4.80. The molecular weight excluding hydrogens is 378 g/mol. The number of rotatable bonds is 5. The summed E-state index contributed by atoms with van der Waals surface area (Å²) in [7, 11) is 0. The number of H-pyrrole nitrogens is 2. The van der Waals surface area contributed by atoms with Gasteiger partial charge in [0.15, 0.2) is 0 Å². The van der Waals surface area contributed by atoms with Crippen molar-refractivity contribution >= 4 is 17.7 Å². The van der Waals surface area contributed by atoms with E-state index in [1.807, 2.05) is 35.3 Å². The van der Waals surface area contributed by atoms with Crippen LogP contribution in [0.4, 0.5) is 10.5 Å². The van der Waals surface area contributed by atoms with Gasteiger partial charge in [0.25, 0.3) is 11.5 Å². The molecule has 3 rings (SSSR count). The molecule has 29 heavy (non-hydrogen) atoms. The summed E-state index contributed by atoms with van der Waals surface area (Å²) < 4.78 is 5.22. The van der Waals surface area contributed by atoms with Crippen LogP contribution in [0.25, 0.3) is 0 Å². The SMILES string of the molecule is Nc1c(C(=O)NC2CCC(NC(=O)OCc3ccccc3)CC2)[nH]c(=O)[nH]c1=O. The van der Waals surface area contributed by atoms with E-state index in [1.54, 1.807) is 0 Å². The first-order valence-corrected chi connectivity index (χ1v) is 9.32. The number of amides is 2. The summed E-state index contributed by atoms with van der Waals surface area (Å²) in [4.78, 5) is 51.3. The molecule has 0 radical (unpaired) electrons. The Hall–Kier alpha value is -3.56. The Balaban J connectivity index is 1.44. The minimum absolute atomic E-state index is 0.0455. The van der Waals surface area contributed by atoms with Crippen LogP contribution in [0.1, 0.15) is 41.7 Å². The van der Waals surface area contributed by atoms with Crippen molar-refractivity contribution in [2.75, 3.05) is 5.73 Å². The van der Waals surface area contributed by atoms with Crippen LogP contribution in [0.15, 0.2) is 39.9 Å². The lowest BCUT2D eigenvalue weighted by molar-refractivity contribution is 0.0916. The number of benzene rings is 1. The molecule has 0 unspecified atom stereocenters. The molecule has 1 aromatic heterocycles. The van der Waals surface area contributed by atoms with E-state index in [0.29, 0.717) is 25.7 Å². The van der Waals surface area contributed by atoms with Crippen LogP contribution < -0.4 is 27.6 Å². The number of alkyl carbamates (subject to hydrolysis) is 1. The Morgan fingerprint density at radius 2 is 1.62 bits per heavy atom. The topological polar surface area (TPSA) is 159 Å². The van der Waals surface area contributed by atoms with Crippen molar-refractivity contribution in [1.29, 1.82) is 0 Å². The fraction of sp³-hybridized carbons (Fsp3) is 0.368. The van der Waals surface area contributed by atoms with Gasteiger partial charge in [0.2, 0.25) is 0 Å². The predicted octanol–water partition coefficient (Wildman–Crippen LogP) is 0.613. The first kappa shape index (κ1) is 20.2. The van der Waals surface area contributed by atoms with Gasteiger partial charge in [0.1, 0.15) is 18.0 Å². The Labute approximate surface area is 165 Å². The second-order valence-corrected chi connectivity index (χ2v) is 6.93. The molecule has 2 aromatic rings. The molecule has 0 bridgehead atoms. The van der Waals surface area contributed by atoms with E-state index in [1.165, 1.54) is 0 Å². The smallest absolute Gasteiger partial charge is 0.407 e. The number of aromatic amines is 2. The normalized spacial score (nSPS) is 18.6. The molecule has 1 heterocycles. The van der Waals surface area contributed by atoms with Crippen LogP contribution in [-0.4, -0.2) is 34.1 Å². The number of anilines is 1. The van der Waals surface area contributed by atoms with Crippen LogP contribution in [0.5, 0.6) is 0 Å². The van der Waals surface area contributed by atoms with Crippen LogP contribution in [0.3, 0.4) is 0 Å². The molecule has 1 saturated carbocycles. The first-order valence-electron chi connectivity index (χ1n) is 9.32. The van der Waals surface area contributed by atoms with Gasteiger partial charge in [-0.15, -0.1) is 0 Å². The fourth-order valence-electron chi connectivity index (χ4n) is 3.25. The van der Waals surface area contributed by atoms with Crippen molar-refractivity contribution < 1.29 is 14.3 Å². The largest absolute Gasteiger partial charge is 0.445 e. The molecule has 1 aliphatic rings. The molecular formula is C19H23N5O5. The number of hydrogen-bond donors (Lipinski definition) is 5. The highest BCUT2D eigenvalue weighted by molar-refractivity contribution is 5.96.